The average Bonchev–Trinajstić information content (AvgIpc) is 3.25. The van der Waals surface area contributed by atoms with Crippen molar-refractivity contribution >= 4 is 46.0 Å². The quantitative estimate of drug-likeness (QED) is 0.586. The topological polar surface area (TPSA) is 37.4 Å². The van der Waals surface area contributed by atoms with Crippen LogP contribution in [-0.4, -0.2) is 17.2 Å². The van der Waals surface area contributed by atoms with Crippen molar-refractivity contribution in [3.05, 3.63) is 75.2 Å². The lowest BCUT2D eigenvalue weighted by atomic mass is 10.0. The van der Waals surface area contributed by atoms with Crippen LogP contribution in [0.15, 0.2) is 54.0 Å². The Morgan fingerprint density at radius 1 is 1.26 bits per heavy atom. The van der Waals surface area contributed by atoms with E-state index >= 15 is 0 Å². The predicted molar refractivity (Wildman–Crippen MR) is 115 cm³/mol. The van der Waals surface area contributed by atoms with Crippen molar-refractivity contribution in [2.45, 2.75) is 19.0 Å². The van der Waals surface area contributed by atoms with Crippen LogP contribution in [0.25, 0.3) is 0 Å². The highest BCUT2D eigenvalue weighted by atomic mass is 35.5. The Morgan fingerprint density at radius 3 is 2.74 bits per heavy atom. The van der Waals surface area contributed by atoms with E-state index in [1.807, 2.05) is 42.6 Å². The monoisotopic (exact) mass is 415 g/mol. The number of hydrogen-bond donors (Lipinski definition) is 1. The van der Waals surface area contributed by atoms with Gasteiger partial charge >= 0.3 is 0 Å². The van der Waals surface area contributed by atoms with E-state index < -0.39 is 0 Å². The second-order valence-electron chi connectivity index (χ2n) is 6.28. The van der Waals surface area contributed by atoms with Crippen LogP contribution < -0.4 is 15.0 Å². The van der Waals surface area contributed by atoms with Gasteiger partial charge in [-0.2, -0.15) is 0 Å². The molecule has 1 N–H and O–H groups in total. The molecule has 1 aliphatic heterocycles. The maximum absolute atomic E-state index is 6.39. The molecule has 2 atom stereocenters. The molecular weight excluding hydrogens is 398 g/mol. The van der Waals surface area contributed by atoms with E-state index in [0.717, 1.165) is 11.4 Å². The Morgan fingerprint density at radius 2 is 2.11 bits per heavy atom. The predicted octanol–water partition coefficient (Wildman–Crippen LogP) is 5.29. The number of rotatable bonds is 4. The third-order valence-corrected chi connectivity index (χ3v) is 6.38. The molecule has 1 aliphatic rings. The van der Waals surface area contributed by atoms with Gasteiger partial charge in [-0.3, -0.25) is 4.98 Å². The van der Waals surface area contributed by atoms with Crippen molar-refractivity contribution in [1.82, 2.24) is 10.3 Å². The summed E-state index contributed by atoms with van der Waals surface area (Å²) in [5, 5.41) is 6.78. The Labute approximate surface area is 172 Å². The van der Waals surface area contributed by atoms with E-state index in [2.05, 4.69) is 33.6 Å². The number of benzene rings is 1. The molecule has 1 aromatic carbocycles. The molecule has 27 heavy (non-hydrogen) atoms. The molecule has 0 unspecified atom stereocenters. The molecule has 0 spiro atoms. The molecule has 138 valence electrons. The molecule has 0 saturated carbocycles. The number of anilines is 1. The minimum Gasteiger partial charge on any atom is -0.495 e. The van der Waals surface area contributed by atoms with Crippen molar-refractivity contribution in [2.75, 3.05) is 12.0 Å². The van der Waals surface area contributed by atoms with E-state index in [9.17, 15) is 0 Å². The molecule has 3 heterocycles. The zero-order valence-corrected chi connectivity index (χ0v) is 17.2. The Bertz CT molecular complexity index is 976. The first kappa shape index (κ1) is 18.2. The number of nitrogens with zero attached hydrogens (tertiary/aromatic N) is 2. The SMILES string of the molecule is COc1ccc(N2C(=S)N[C@@H](c3ccccn3)[C@@H]2c2sccc2C)cc1Cl. The zero-order chi connectivity index (χ0) is 19.0. The van der Waals surface area contributed by atoms with E-state index in [1.54, 1.807) is 18.4 Å². The highest BCUT2D eigenvalue weighted by Crippen LogP contribution is 2.45. The molecule has 0 bridgehead atoms. The molecule has 3 aromatic rings. The van der Waals surface area contributed by atoms with Gasteiger partial charge in [0, 0.05) is 16.8 Å². The first-order valence-electron chi connectivity index (χ1n) is 8.48. The molecule has 2 aromatic heterocycles. The van der Waals surface area contributed by atoms with Crippen LogP contribution in [0.4, 0.5) is 5.69 Å². The number of halogens is 1. The molecule has 4 nitrogen and oxygen atoms in total. The van der Waals surface area contributed by atoms with E-state index in [1.165, 1.54) is 10.4 Å². The summed E-state index contributed by atoms with van der Waals surface area (Å²) in [5.74, 6) is 0.642. The second kappa shape index (κ2) is 7.46. The number of thiophene rings is 1. The first-order chi connectivity index (χ1) is 13.1. The van der Waals surface area contributed by atoms with Crippen LogP contribution in [-0.2, 0) is 0 Å². The van der Waals surface area contributed by atoms with Crippen molar-refractivity contribution < 1.29 is 4.74 Å². The molecular formula is C20H18ClN3OS2. The summed E-state index contributed by atoms with van der Waals surface area (Å²) in [5.41, 5.74) is 3.12. The van der Waals surface area contributed by atoms with Gasteiger partial charge in [0.25, 0.3) is 0 Å². The van der Waals surface area contributed by atoms with Gasteiger partial charge < -0.3 is 15.0 Å². The summed E-state index contributed by atoms with van der Waals surface area (Å²) in [6.45, 7) is 2.13. The lowest BCUT2D eigenvalue weighted by Gasteiger charge is -2.28. The van der Waals surface area contributed by atoms with Gasteiger partial charge in [0.15, 0.2) is 5.11 Å². The van der Waals surface area contributed by atoms with E-state index in [-0.39, 0.29) is 12.1 Å². The molecule has 0 amide bonds. The van der Waals surface area contributed by atoms with Crippen LogP contribution in [0.5, 0.6) is 5.75 Å². The number of nitrogens with one attached hydrogen (secondary N) is 1. The number of hydrogen-bond acceptors (Lipinski definition) is 4. The molecule has 1 fully saturated rings. The number of aryl methyl sites for hydroxylation is 1. The van der Waals surface area contributed by atoms with Gasteiger partial charge in [0.2, 0.25) is 0 Å². The second-order valence-corrected chi connectivity index (χ2v) is 8.02. The summed E-state index contributed by atoms with van der Waals surface area (Å²) in [6, 6.07) is 13.8. The number of thiocarbonyl (C=S) groups is 1. The van der Waals surface area contributed by atoms with Crippen LogP contribution >= 0.6 is 35.2 Å². The third-order valence-electron chi connectivity index (χ3n) is 4.68. The van der Waals surface area contributed by atoms with Crippen LogP contribution in [0, 0.1) is 6.92 Å². The van der Waals surface area contributed by atoms with Crippen LogP contribution in [0.2, 0.25) is 5.02 Å². The maximum Gasteiger partial charge on any atom is 0.174 e. The number of ether oxygens (including phenoxy) is 1. The fraction of sp³-hybridized carbons (Fsp3) is 0.200. The summed E-state index contributed by atoms with van der Waals surface area (Å²) in [7, 11) is 1.61. The zero-order valence-electron chi connectivity index (χ0n) is 14.8. The Hall–Kier alpha value is -2.15. The Kier molecular flexibility index (Phi) is 5.04. The van der Waals surface area contributed by atoms with Crippen molar-refractivity contribution in [3.8, 4) is 5.75 Å². The fourth-order valence-corrected chi connectivity index (χ4v) is 5.04. The summed E-state index contributed by atoms with van der Waals surface area (Å²) < 4.78 is 5.29. The molecule has 7 heteroatoms. The van der Waals surface area contributed by atoms with Gasteiger partial charge in [-0.15, -0.1) is 11.3 Å². The summed E-state index contributed by atoms with van der Waals surface area (Å²) in [6.07, 6.45) is 1.81. The van der Waals surface area contributed by atoms with Crippen molar-refractivity contribution in [3.63, 3.8) is 0 Å². The number of aromatic nitrogens is 1. The van der Waals surface area contributed by atoms with Gasteiger partial charge in [-0.1, -0.05) is 17.7 Å². The molecule has 4 rings (SSSR count). The van der Waals surface area contributed by atoms with E-state index in [0.29, 0.717) is 15.9 Å². The fourth-order valence-electron chi connectivity index (χ4n) is 3.39. The van der Waals surface area contributed by atoms with Crippen LogP contribution in [0.1, 0.15) is 28.2 Å². The summed E-state index contributed by atoms with van der Waals surface area (Å²) >= 11 is 13.8. The van der Waals surface area contributed by atoms with Gasteiger partial charge in [-0.25, -0.2) is 0 Å². The number of pyridine rings is 1. The standard InChI is InChI=1S/C20H18ClN3OS2/c1-12-8-10-27-19(12)18-17(15-5-3-4-9-22-15)23-20(26)24(18)13-6-7-16(25-2)14(21)11-13/h3-11,17-18H,1-2H3,(H,23,26)/t17-,18+/m0/s1. The van der Waals surface area contributed by atoms with Gasteiger partial charge in [0.05, 0.1) is 29.9 Å². The third kappa shape index (κ3) is 3.29. The lowest BCUT2D eigenvalue weighted by molar-refractivity contribution is 0.415. The van der Waals surface area contributed by atoms with Gasteiger partial charge in [-0.05, 0) is 66.5 Å². The van der Waals surface area contributed by atoms with Crippen molar-refractivity contribution in [2.24, 2.45) is 0 Å². The summed E-state index contributed by atoms with van der Waals surface area (Å²) in [4.78, 5) is 7.95. The largest absolute Gasteiger partial charge is 0.495 e. The highest BCUT2D eigenvalue weighted by molar-refractivity contribution is 7.80. The molecule has 0 radical (unpaired) electrons. The minimum atomic E-state index is -0.0445. The maximum atomic E-state index is 6.39. The van der Waals surface area contributed by atoms with Crippen LogP contribution in [0.3, 0.4) is 0 Å². The van der Waals surface area contributed by atoms with Gasteiger partial charge in [0.1, 0.15) is 5.75 Å². The lowest BCUT2D eigenvalue weighted by Crippen LogP contribution is -2.29. The van der Waals surface area contributed by atoms with E-state index in [4.69, 9.17) is 28.6 Å². The smallest absolute Gasteiger partial charge is 0.174 e. The Balaban J connectivity index is 1.83. The number of methoxy groups -OCH3 is 1. The molecule has 1 saturated heterocycles. The minimum absolute atomic E-state index is 0.00291. The normalized spacial score (nSPS) is 19.2. The first-order valence-corrected chi connectivity index (χ1v) is 10.1. The average molecular weight is 416 g/mol. The molecule has 0 aliphatic carbocycles. The highest BCUT2D eigenvalue weighted by Gasteiger charge is 2.42. The van der Waals surface area contributed by atoms with Crippen molar-refractivity contribution in [1.29, 1.82) is 0 Å².